The van der Waals surface area contributed by atoms with Crippen LogP contribution in [0.4, 0.5) is 0 Å². The number of nitrogens with two attached hydrogens (primary N) is 1. The number of nitrogens with one attached hydrogen (secondary N) is 1. The molecule has 0 aromatic heterocycles. The fraction of sp³-hybridized carbons (Fsp3) is 0.800. The second-order valence-corrected chi connectivity index (χ2v) is 3.82. The maximum absolute atomic E-state index is 11.4. The summed E-state index contributed by atoms with van der Waals surface area (Å²) < 4.78 is 0. The van der Waals surface area contributed by atoms with Gasteiger partial charge in [0.15, 0.2) is 0 Å². The summed E-state index contributed by atoms with van der Waals surface area (Å²) in [6.07, 6.45) is 1.55. The lowest BCUT2D eigenvalue weighted by molar-refractivity contribution is -0.141. The number of carboxylic acids is 1. The second kappa shape index (κ2) is 7.23. The average Bonchev–Trinajstić information content (AvgIpc) is 2.21. The van der Waals surface area contributed by atoms with Gasteiger partial charge in [0.1, 0.15) is 0 Å². The highest BCUT2D eigenvalue weighted by atomic mass is 16.4. The molecule has 0 aliphatic carbocycles. The number of carbonyl (C=O) groups excluding carboxylic acids is 1. The second-order valence-electron chi connectivity index (χ2n) is 3.82. The highest BCUT2D eigenvalue weighted by molar-refractivity contribution is 5.79. The summed E-state index contributed by atoms with van der Waals surface area (Å²) in [5.74, 6) is -1.65. The molecule has 4 N–H and O–H groups in total. The van der Waals surface area contributed by atoms with Gasteiger partial charge in [0.2, 0.25) is 5.91 Å². The van der Waals surface area contributed by atoms with E-state index in [1.54, 1.807) is 6.92 Å². The Balaban J connectivity index is 3.77. The van der Waals surface area contributed by atoms with Crippen molar-refractivity contribution in [3.8, 4) is 0 Å². The van der Waals surface area contributed by atoms with Crippen LogP contribution in [0.5, 0.6) is 0 Å². The van der Waals surface area contributed by atoms with E-state index in [1.807, 2.05) is 6.92 Å². The van der Waals surface area contributed by atoms with Crippen LogP contribution >= 0.6 is 0 Å². The van der Waals surface area contributed by atoms with Crippen molar-refractivity contribution in [1.82, 2.24) is 5.32 Å². The van der Waals surface area contributed by atoms with E-state index < -0.39 is 11.9 Å². The number of aliphatic carboxylic acids is 1. The standard InChI is InChI=1S/C10H20N2O3/c1-7(4-3-5-11)9(13)12-6-8(2)10(14)15/h7-8H,3-6,11H2,1-2H3,(H,12,13)(H,14,15). The molecule has 1 amide bonds. The summed E-state index contributed by atoms with van der Waals surface area (Å²) in [6.45, 7) is 4.13. The van der Waals surface area contributed by atoms with E-state index in [0.29, 0.717) is 6.54 Å². The Labute approximate surface area is 90.0 Å². The summed E-state index contributed by atoms with van der Waals surface area (Å²) in [5, 5.41) is 11.2. The van der Waals surface area contributed by atoms with Gasteiger partial charge >= 0.3 is 5.97 Å². The monoisotopic (exact) mass is 216 g/mol. The molecule has 0 aliphatic heterocycles. The van der Waals surface area contributed by atoms with Crippen molar-refractivity contribution >= 4 is 11.9 Å². The van der Waals surface area contributed by atoms with Crippen LogP contribution in [0.25, 0.3) is 0 Å². The fourth-order valence-corrected chi connectivity index (χ4v) is 1.07. The zero-order chi connectivity index (χ0) is 11.8. The van der Waals surface area contributed by atoms with Crippen LogP contribution in [0.3, 0.4) is 0 Å². The van der Waals surface area contributed by atoms with Crippen LogP contribution in [-0.2, 0) is 9.59 Å². The first-order chi connectivity index (χ1) is 6.99. The Morgan fingerprint density at radius 3 is 2.40 bits per heavy atom. The lowest BCUT2D eigenvalue weighted by Crippen LogP contribution is -2.35. The van der Waals surface area contributed by atoms with E-state index in [0.717, 1.165) is 12.8 Å². The molecule has 0 fully saturated rings. The van der Waals surface area contributed by atoms with E-state index in [9.17, 15) is 9.59 Å². The van der Waals surface area contributed by atoms with E-state index >= 15 is 0 Å². The zero-order valence-corrected chi connectivity index (χ0v) is 9.32. The van der Waals surface area contributed by atoms with Crippen molar-refractivity contribution in [2.24, 2.45) is 17.6 Å². The third-order valence-corrected chi connectivity index (χ3v) is 2.29. The van der Waals surface area contributed by atoms with Gasteiger partial charge in [-0.05, 0) is 19.4 Å². The first-order valence-electron chi connectivity index (χ1n) is 5.19. The molecule has 0 saturated carbocycles. The summed E-state index contributed by atoms with van der Waals surface area (Å²) in [5.41, 5.74) is 5.33. The molecule has 0 saturated heterocycles. The molecule has 0 radical (unpaired) electrons. The largest absolute Gasteiger partial charge is 0.481 e. The first kappa shape index (κ1) is 13.9. The zero-order valence-electron chi connectivity index (χ0n) is 9.32. The topological polar surface area (TPSA) is 92.4 Å². The Kier molecular flexibility index (Phi) is 6.70. The molecule has 2 unspecified atom stereocenters. The van der Waals surface area contributed by atoms with Crippen molar-refractivity contribution < 1.29 is 14.7 Å². The maximum atomic E-state index is 11.4. The molecule has 2 atom stereocenters. The molecule has 0 rings (SSSR count). The van der Waals surface area contributed by atoms with Crippen molar-refractivity contribution in [2.75, 3.05) is 13.1 Å². The number of rotatable bonds is 7. The van der Waals surface area contributed by atoms with Gasteiger partial charge in [-0.3, -0.25) is 9.59 Å². The minimum absolute atomic E-state index is 0.100. The number of carbonyl (C=O) groups is 2. The van der Waals surface area contributed by atoms with Gasteiger partial charge < -0.3 is 16.2 Å². The Morgan fingerprint density at radius 2 is 1.93 bits per heavy atom. The van der Waals surface area contributed by atoms with Crippen LogP contribution < -0.4 is 11.1 Å². The smallest absolute Gasteiger partial charge is 0.308 e. The van der Waals surface area contributed by atoms with Gasteiger partial charge in [0.05, 0.1) is 5.92 Å². The highest BCUT2D eigenvalue weighted by Gasteiger charge is 2.15. The van der Waals surface area contributed by atoms with Crippen molar-refractivity contribution in [3.05, 3.63) is 0 Å². The van der Waals surface area contributed by atoms with Gasteiger partial charge in [0.25, 0.3) is 0 Å². The summed E-state index contributed by atoms with van der Waals surface area (Å²) >= 11 is 0. The lowest BCUT2D eigenvalue weighted by Gasteiger charge is -2.13. The van der Waals surface area contributed by atoms with Crippen LogP contribution in [-0.4, -0.2) is 30.1 Å². The molecule has 0 aromatic carbocycles. The Morgan fingerprint density at radius 1 is 1.33 bits per heavy atom. The minimum atomic E-state index is -0.898. The molecule has 88 valence electrons. The molecule has 15 heavy (non-hydrogen) atoms. The first-order valence-corrected chi connectivity index (χ1v) is 5.19. The normalized spacial score (nSPS) is 14.3. The Bertz CT molecular complexity index is 219. The summed E-state index contributed by atoms with van der Waals surface area (Å²) in [7, 11) is 0. The summed E-state index contributed by atoms with van der Waals surface area (Å²) in [6, 6.07) is 0. The number of amides is 1. The molecule has 5 nitrogen and oxygen atoms in total. The number of hydrogen-bond donors (Lipinski definition) is 3. The van der Waals surface area contributed by atoms with Gasteiger partial charge in [-0.15, -0.1) is 0 Å². The average molecular weight is 216 g/mol. The van der Waals surface area contributed by atoms with E-state index in [2.05, 4.69) is 5.32 Å². The molecule has 0 aromatic rings. The SMILES string of the molecule is CC(CNC(=O)C(C)CCCN)C(=O)O. The van der Waals surface area contributed by atoms with Crippen LogP contribution in [0, 0.1) is 11.8 Å². The molecule has 0 aliphatic rings. The molecule has 5 heteroatoms. The van der Waals surface area contributed by atoms with E-state index in [4.69, 9.17) is 10.8 Å². The van der Waals surface area contributed by atoms with Crippen LogP contribution in [0.1, 0.15) is 26.7 Å². The molecule has 0 heterocycles. The van der Waals surface area contributed by atoms with Crippen molar-refractivity contribution in [1.29, 1.82) is 0 Å². The molecular weight excluding hydrogens is 196 g/mol. The maximum Gasteiger partial charge on any atom is 0.308 e. The number of carboxylic acid groups (broad SMARTS) is 1. The van der Waals surface area contributed by atoms with Crippen molar-refractivity contribution in [3.63, 3.8) is 0 Å². The predicted octanol–water partition coefficient (Wildman–Crippen LogP) is 0.198. The molecular formula is C10H20N2O3. The molecule has 0 bridgehead atoms. The predicted molar refractivity (Wildman–Crippen MR) is 57.3 cm³/mol. The van der Waals surface area contributed by atoms with Crippen LogP contribution in [0.2, 0.25) is 0 Å². The fourth-order valence-electron chi connectivity index (χ4n) is 1.07. The third-order valence-electron chi connectivity index (χ3n) is 2.29. The van der Waals surface area contributed by atoms with E-state index in [-0.39, 0.29) is 18.4 Å². The quantitative estimate of drug-likeness (QED) is 0.566. The highest BCUT2D eigenvalue weighted by Crippen LogP contribution is 2.04. The molecule has 0 spiro atoms. The van der Waals surface area contributed by atoms with Gasteiger partial charge in [-0.25, -0.2) is 0 Å². The van der Waals surface area contributed by atoms with Crippen LogP contribution in [0.15, 0.2) is 0 Å². The Hall–Kier alpha value is -1.10. The lowest BCUT2D eigenvalue weighted by atomic mass is 10.0. The third kappa shape index (κ3) is 6.06. The minimum Gasteiger partial charge on any atom is -0.481 e. The number of hydrogen-bond acceptors (Lipinski definition) is 3. The van der Waals surface area contributed by atoms with E-state index in [1.165, 1.54) is 0 Å². The van der Waals surface area contributed by atoms with Gasteiger partial charge in [-0.2, -0.15) is 0 Å². The van der Waals surface area contributed by atoms with Gasteiger partial charge in [0, 0.05) is 12.5 Å². The summed E-state index contributed by atoms with van der Waals surface area (Å²) in [4.78, 5) is 21.9. The van der Waals surface area contributed by atoms with Gasteiger partial charge in [-0.1, -0.05) is 13.8 Å². The van der Waals surface area contributed by atoms with Crippen molar-refractivity contribution in [2.45, 2.75) is 26.7 Å².